The molecule has 0 radical (unpaired) electrons. The van der Waals surface area contributed by atoms with E-state index in [9.17, 15) is 4.79 Å². The van der Waals surface area contributed by atoms with Crippen LogP contribution in [0.3, 0.4) is 0 Å². The van der Waals surface area contributed by atoms with E-state index in [2.05, 4.69) is 11.8 Å². The molecule has 1 atom stereocenters. The smallest absolute Gasteiger partial charge is 0.148 e. The van der Waals surface area contributed by atoms with Crippen LogP contribution in [-0.2, 0) is 25.6 Å². The standard InChI is InChI=1S/C17H22O5/c1-17(10-11-18,22-14-19-2)9-4-12-21-13-15-5-7-16(20-3)8-6-15/h5-8,11H,10,12-14H2,1-3H3. The molecular weight excluding hydrogens is 284 g/mol. The summed E-state index contributed by atoms with van der Waals surface area (Å²) in [5.41, 5.74) is 0.190. The van der Waals surface area contributed by atoms with Crippen molar-refractivity contribution in [2.45, 2.75) is 25.6 Å². The number of hydrogen-bond donors (Lipinski definition) is 0. The van der Waals surface area contributed by atoms with Gasteiger partial charge in [0.25, 0.3) is 0 Å². The van der Waals surface area contributed by atoms with E-state index in [0.29, 0.717) is 6.61 Å². The predicted octanol–water partition coefficient (Wildman–Crippen LogP) is 2.18. The number of ether oxygens (including phenoxy) is 4. The minimum atomic E-state index is -0.846. The molecule has 1 aromatic rings. The summed E-state index contributed by atoms with van der Waals surface area (Å²) >= 11 is 0. The molecule has 5 heteroatoms. The van der Waals surface area contributed by atoms with Crippen molar-refractivity contribution in [1.29, 1.82) is 0 Å². The maximum atomic E-state index is 10.7. The van der Waals surface area contributed by atoms with Gasteiger partial charge in [-0.1, -0.05) is 24.0 Å². The Morgan fingerprint density at radius 3 is 2.55 bits per heavy atom. The molecule has 1 unspecified atom stereocenters. The molecule has 0 N–H and O–H groups in total. The zero-order valence-electron chi connectivity index (χ0n) is 13.3. The van der Waals surface area contributed by atoms with Crippen LogP contribution in [0.5, 0.6) is 5.75 Å². The fourth-order valence-electron chi connectivity index (χ4n) is 1.66. The van der Waals surface area contributed by atoms with Gasteiger partial charge in [0.15, 0.2) is 0 Å². The fraction of sp³-hybridized carbons (Fsp3) is 0.471. The van der Waals surface area contributed by atoms with E-state index < -0.39 is 5.60 Å². The largest absolute Gasteiger partial charge is 0.497 e. The molecule has 0 aliphatic heterocycles. The van der Waals surface area contributed by atoms with Gasteiger partial charge in [0.05, 0.1) is 13.7 Å². The molecule has 0 fully saturated rings. The van der Waals surface area contributed by atoms with Crippen molar-refractivity contribution in [2.75, 3.05) is 27.6 Å². The summed E-state index contributed by atoms with van der Waals surface area (Å²) in [5, 5.41) is 0. The molecule has 22 heavy (non-hydrogen) atoms. The summed E-state index contributed by atoms with van der Waals surface area (Å²) in [7, 11) is 3.15. The van der Waals surface area contributed by atoms with Gasteiger partial charge in [-0.2, -0.15) is 0 Å². The van der Waals surface area contributed by atoms with Gasteiger partial charge in [0.1, 0.15) is 31.0 Å². The van der Waals surface area contributed by atoms with E-state index >= 15 is 0 Å². The summed E-state index contributed by atoms with van der Waals surface area (Å²) in [6.45, 7) is 2.56. The average molecular weight is 306 g/mol. The quantitative estimate of drug-likeness (QED) is 0.303. The first-order valence-electron chi connectivity index (χ1n) is 6.91. The second-order valence-electron chi connectivity index (χ2n) is 4.80. The monoisotopic (exact) mass is 306 g/mol. The molecule has 0 heterocycles. The van der Waals surface area contributed by atoms with Crippen LogP contribution in [0.1, 0.15) is 18.9 Å². The Morgan fingerprint density at radius 1 is 1.23 bits per heavy atom. The van der Waals surface area contributed by atoms with Crippen LogP contribution in [0.2, 0.25) is 0 Å². The minimum Gasteiger partial charge on any atom is -0.497 e. The van der Waals surface area contributed by atoms with Gasteiger partial charge in [-0.3, -0.25) is 0 Å². The molecule has 1 aromatic carbocycles. The number of benzene rings is 1. The Kier molecular flexibility index (Phi) is 8.23. The van der Waals surface area contributed by atoms with Crippen molar-refractivity contribution >= 4 is 6.29 Å². The maximum Gasteiger partial charge on any atom is 0.148 e. The molecule has 0 aromatic heterocycles. The second kappa shape index (κ2) is 9.96. The SMILES string of the molecule is COCOC(C)(C#CCOCc1ccc(OC)cc1)CC=O. The summed E-state index contributed by atoms with van der Waals surface area (Å²) in [4.78, 5) is 10.7. The topological polar surface area (TPSA) is 54.0 Å². The average Bonchev–Trinajstić information content (AvgIpc) is 2.53. The molecule has 0 aliphatic carbocycles. The molecule has 0 amide bonds. The Morgan fingerprint density at radius 2 is 1.95 bits per heavy atom. The number of hydrogen-bond acceptors (Lipinski definition) is 5. The Hall–Kier alpha value is -1.87. The summed E-state index contributed by atoms with van der Waals surface area (Å²) in [6, 6.07) is 7.63. The summed E-state index contributed by atoms with van der Waals surface area (Å²) in [5.74, 6) is 6.59. The number of rotatable bonds is 9. The van der Waals surface area contributed by atoms with Crippen LogP contribution in [0.25, 0.3) is 0 Å². The van der Waals surface area contributed by atoms with Crippen LogP contribution in [0, 0.1) is 11.8 Å². The van der Waals surface area contributed by atoms with E-state index in [1.807, 2.05) is 24.3 Å². The van der Waals surface area contributed by atoms with Crippen molar-refractivity contribution < 1.29 is 23.7 Å². The highest BCUT2D eigenvalue weighted by molar-refractivity contribution is 5.53. The van der Waals surface area contributed by atoms with Gasteiger partial charge in [-0.15, -0.1) is 0 Å². The normalized spacial score (nSPS) is 12.9. The Labute approximate surface area is 131 Å². The van der Waals surface area contributed by atoms with Gasteiger partial charge in [-0.05, 0) is 24.6 Å². The van der Waals surface area contributed by atoms with E-state index in [1.165, 1.54) is 7.11 Å². The third-order valence-corrected chi connectivity index (χ3v) is 2.92. The lowest BCUT2D eigenvalue weighted by molar-refractivity contribution is -0.121. The van der Waals surface area contributed by atoms with Gasteiger partial charge in [0, 0.05) is 13.5 Å². The van der Waals surface area contributed by atoms with Crippen LogP contribution in [0.4, 0.5) is 0 Å². The molecule has 5 nitrogen and oxygen atoms in total. The highest BCUT2D eigenvalue weighted by atomic mass is 16.7. The van der Waals surface area contributed by atoms with Gasteiger partial charge in [0.2, 0.25) is 0 Å². The molecule has 0 saturated heterocycles. The highest BCUT2D eigenvalue weighted by Gasteiger charge is 2.21. The third kappa shape index (κ3) is 6.72. The number of carbonyl (C=O) groups excluding carboxylic acids is 1. The minimum absolute atomic E-state index is 0.0890. The number of methoxy groups -OCH3 is 2. The van der Waals surface area contributed by atoms with Crippen LogP contribution in [-0.4, -0.2) is 39.5 Å². The maximum absolute atomic E-state index is 10.7. The van der Waals surface area contributed by atoms with Crippen molar-refractivity contribution in [2.24, 2.45) is 0 Å². The van der Waals surface area contributed by atoms with Crippen molar-refractivity contribution in [3.63, 3.8) is 0 Å². The summed E-state index contributed by atoms with van der Waals surface area (Å²) in [6.07, 6.45) is 0.963. The summed E-state index contributed by atoms with van der Waals surface area (Å²) < 4.78 is 20.8. The molecule has 120 valence electrons. The molecule has 0 spiro atoms. The Balaban J connectivity index is 2.42. The molecule has 0 aliphatic rings. The van der Waals surface area contributed by atoms with E-state index in [0.717, 1.165) is 17.6 Å². The van der Waals surface area contributed by atoms with E-state index in [-0.39, 0.29) is 19.8 Å². The van der Waals surface area contributed by atoms with Crippen LogP contribution >= 0.6 is 0 Å². The molecule has 0 saturated carbocycles. The second-order valence-corrected chi connectivity index (χ2v) is 4.80. The van der Waals surface area contributed by atoms with E-state index in [4.69, 9.17) is 18.9 Å². The van der Waals surface area contributed by atoms with Gasteiger partial charge < -0.3 is 23.7 Å². The van der Waals surface area contributed by atoms with Crippen molar-refractivity contribution in [3.05, 3.63) is 29.8 Å². The third-order valence-electron chi connectivity index (χ3n) is 2.92. The Bertz CT molecular complexity index is 500. The number of carbonyl (C=O) groups is 1. The van der Waals surface area contributed by atoms with E-state index in [1.54, 1.807) is 14.0 Å². The first-order chi connectivity index (χ1) is 10.6. The fourth-order valence-corrected chi connectivity index (χ4v) is 1.66. The van der Waals surface area contributed by atoms with Gasteiger partial charge >= 0.3 is 0 Å². The van der Waals surface area contributed by atoms with Crippen LogP contribution < -0.4 is 4.74 Å². The first kappa shape index (κ1) is 18.2. The van der Waals surface area contributed by atoms with Crippen molar-refractivity contribution in [3.8, 4) is 17.6 Å². The number of aldehydes is 1. The predicted molar refractivity (Wildman–Crippen MR) is 82.5 cm³/mol. The van der Waals surface area contributed by atoms with Gasteiger partial charge in [-0.25, -0.2) is 0 Å². The lowest BCUT2D eigenvalue weighted by Gasteiger charge is -2.20. The molecule has 0 bridgehead atoms. The van der Waals surface area contributed by atoms with Crippen LogP contribution in [0.15, 0.2) is 24.3 Å². The molecule has 1 rings (SSSR count). The zero-order valence-corrected chi connectivity index (χ0v) is 13.3. The zero-order chi connectivity index (χ0) is 16.3. The molecular formula is C17H22O5. The first-order valence-corrected chi connectivity index (χ1v) is 6.91. The highest BCUT2D eigenvalue weighted by Crippen LogP contribution is 2.13. The lowest BCUT2D eigenvalue weighted by atomic mass is 10.0. The lowest BCUT2D eigenvalue weighted by Crippen LogP contribution is -2.28. The van der Waals surface area contributed by atoms with Crippen molar-refractivity contribution in [1.82, 2.24) is 0 Å².